The minimum Gasteiger partial charge on any atom is -0.409 e. The van der Waals surface area contributed by atoms with Crippen LogP contribution >= 0.6 is 0 Å². The van der Waals surface area contributed by atoms with Crippen molar-refractivity contribution in [2.45, 2.75) is 39.5 Å². The topological polar surface area (TPSA) is 114 Å². The molecule has 6 heteroatoms. The second-order valence-corrected chi connectivity index (χ2v) is 4.79. The summed E-state index contributed by atoms with van der Waals surface area (Å²) in [4.78, 5) is 10.5. The molecule has 0 saturated carbocycles. The van der Waals surface area contributed by atoms with Crippen LogP contribution in [-0.2, 0) is 4.79 Å². The van der Waals surface area contributed by atoms with Crippen molar-refractivity contribution >= 4 is 11.7 Å². The molecule has 0 fully saturated rings. The molecule has 0 aliphatic heterocycles. The van der Waals surface area contributed by atoms with Gasteiger partial charge in [0.2, 0.25) is 5.91 Å². The summed E-state index contributed by atoms with van der Waals surface area (Å²) in [6.45, 7) is 5.49. The van der Waals surface area contributed by atoms with Crippen LogP contribution in [0.3, 0.4) is 0 Å². The molecule has 0 rings (SSSR count). The summed E-state index contributed by atoms with van der Waals surface area (Å²) >= 11 is 0. The summed E-state index contributed by atoms with van der Waals surface area (Å²) < 4.78 is 0. The van der Waals surface area contributed by atoms with Crippen LogP contribution in [0.5, 0.6) is 0 Å². The summed E-state index contributed by atoms with van der Waals surface area (Å²) in [6.07, 6.45) is 2.97. The average molecular weight is 244 g/mol. The molecule has 1 amide bonds. The van der Waals surface area contributed by atoms with Crippen LogP contribution in [0.2, 0.25) is 0 Å². The monoisotopic (exact) mass is 244 g/mol. The second kappa shape index (κ2) is 7.89. The van der Waals surface area contributed by atoms with Gasteiger partial charge in [-0.15, -0.1) is 0 Å². The molecule has 0 radical (unpaired) electrons. The molecule has 100 valence electrons. The van der Waals surface area contributed by atoms with Crippen molar-refractivity contribution in [2.75, 3.05) is 13.1 Å². The standard InChI is InChI=1S/C11H24N4O2/c1-11(2,10(13)15-17)6-8-14-7-4-3-5-9(12)16/h14,17H,3-8H2,1-2H3,(H2,12,16)(H2,13,15). The molecule has 0 saturated heterocycles. The Bertz CT molecular complexity index is 264. The first-order valence-electron chi connectivity index (χ1n) is 5.87. The molecule has 6 N–H and O–H groups in total. The maximum atomic E-state index is 10.5. The van der Waals surface area contributed by atoms with Crippen molar-refractivity contribution in [2.24, 2.45) is 22.0 Å². The number of amides is 1. The van der Waals surface area contributed by atoms with Crippen molar-refractivity contribution < 1.29 is 10.0 Å². The molecule has 0 unspecified atom stereocenters. The highest BCUT2D eigenvalue weighted by molar-refractivity contribution is 5.85. The highest BCUT2D eigenvalue weighted by atomic mass is 16.4. The van der Waals surface area contributed by atoms with E-state index in [-0.39, 0.29) is 17.2 Å². The average Bonchev–Trinajstić information content (AvgIpc) is 2.26. The van der Waals surface area contributed by atoms with E-state index in [1.807, 2.05) is 13.8 Å². The Labute approximate surface area is 102 Å². The summed E-state index contributed by atoms with van der Waals surface area (Å²) in [6, 6.07) is 0. The first kappa shape index (κ1) is 15.7. The fourth-order valence-corrected chi connectivity index (χ4v) is 1.34. The maximum Gasteiger partial charge on any atom is 0.217 e. The molecular formula is C11H24N4O2. The Balaban J connectivity index is 3.55. The summed E-state index contributed by atoms with van der Waals surface area (Å²) in [5.41, 5.74) is 10.3. The molecule has 0 bridgehead atoms. The summed E-state index contributed by atoms with van der Waals surface area (Å²) in [5.74, 6) is -0.00825. The van der Waals surface area contributed by atoms with Gasteiger partial charge in [0, 0.05) is 11.8 Å². The van der Waals surface area contributed by atoms with E-state index < -0.39 is 0 Å². The molecule has 6 nitrogen and oxygen atoms in total. The van der Waals surface area contributed by atoms with Crippen molar-refractivity contribution in [3.63, 3.8) is 0 Å². The number of hydrogen-bond acceptors (Lipinski definition) is 4. The third-order valence-electron chi connectivity index (χ3n) is 2.75. The fourth-order valence-electron chi connectivity index (χ4n) is 1.34. The Kier molecular flexibility index (Phi) is 7.29. The fraction of sp³-hybridized carbons (Fsp3) is 0.818. The molecular weight excluding hydrogens is 220 g/mol. The van der Waals surface area contributed by atoms with Gasteiger partial charge in [-0.3, -0.25) is 4.79 Å². The number of hydrogen-bond donors (Lipinski definition) is 4. The summed E-state index contributed by atoms with van der Waals surface area (Å²) in [5, 5.41) is 14.9. The van der Waals surface area contributed by atoms with E-state index in [1.165, 1.54) is 0 Å². The lowest BCUT2D eigenvalue weighted by atomic mass is 9.88. The van der Waals surface area contributed by atoms with Crippen LogP contribution in [0.1, 0.15) is 39.5 Å². The first-order valence-corrected chi connectivity index (χ1v) is 5.87. The van der Waals surface area contributed by atoms with Crippen LogP contribution in [-0.4, -0.2) is 30.0 Å². The van der Waals surface area contributed by atoms with E-state index in [4.69, 9.17) is 16.7 Å². The van der Waals surface area contributed by atoms with E-state index in [0.717, 1.165) is 32.4 Å². The Hall–Kier alpha value is -1.30. The predicted octanol–water partition coefficient (Wildman–Crippen LogP) is 0.394. The van der Waals surface area contributed by atoms with Crippen LogP contribution < -0.4 is 16.8 Å². The molecule has 0 atom stereocenters. The lowest BCUT2D eigenvalue weighted by Crippen LogP contribution is -2.35. The summed E-state index contributed by atoms with van der Waals surface area (Å²) in [7, 11) is 0. The Morgan fingerprint density at radius 1 is 1.29 bits per heavy atom. The highest BCUT2D eigenvalue weighted by Crippen LogP contribution is 2.19. The zero-order chi connectivity index (χ0) is 13.3. The van der Waals surface area contributed by atoms with Gasteiger partial charge in [0.25, 0.3) is 0 Å². The lowest BCUT2D eigenvalue weighted by molar-refractivity contribution is -0.118. The van der Waals surface area contributed by atoms with Gasteiger partial charge < -0.3 is 22.0 Å². The molecule has 0 aromatic heterocycles. The van der Waals surface area contributed by atoms with Gasteiger partial charge in [-0.2, -0.15) is 0 Å². The number of unbranched alkanes of at least 4 members (excludes halogenated alkanes) is 1. The zero-order valence-electron chi connectivity index (χ0n) is 10.7. The molecule has 0 aliphatic carbocycles. The smallest absolute Gasteiger partial charge is 0.217 e. The van der Waals surface area contributed by atoms with Gasteiger partial charge >= 0.3 is 0 Å². The van der Waals surface area contributed by atoms with Crippen molar-refractivity contribution in [1.82, 2.24) is 5.32 Å². The van der Waals surface area contributed by atoms with E-state index in [1.54, 1.807) is 0 Å². The lowest BCUT2D eigenvalue weighted by Gasteiger charge is -2.22. The number of nitrogens with one attached hydrogen (secondary N) is 1. The molecule has 0 heterocycles. The van der Waals surface area contributed by atoms with Gasteiger partial charge in [-0.1, -0.05) is 19.0 Å². The number of nitrogens with zero attached hydrogens (tertiary/aromatic N) is 1. The largest absolute Gasteiger partial charge is 0.409 e. The number of carbonyl (C=O) groups excluding carboxylic acids is 1. The molecule has 0 spiro atoms. The molecule has 0 aromatic rings. The first-order chi connectivity index (χ1) is 7.90. The van der Waals surface area contributed by atoms with E-state index in [2.05, 4.69) is 10.5 Å². The number of primary amides is 1. The van der Waals surface area contributed by atoms with Crippen molar-refractivity contribution in [3.05, 3.63) is 0 Å². The van der Waals surface area contributed by atoms with Crippen molar-refractivity contribution in [1.29, 1.82) is 0 Å². The normalized spacial score (nSPS) is 12.7. The Morgan fingerprint density at radius 3 is 2.47 bits per heavy atom. The van der Waals surface area contributed by atoms with Crippen LogP contribution in [0, 0.1) is 5.41 Å². The molecule has 17 heavy (non-hydrogen) atoms. The van der Waals surface area contributed by atoms with Gasteiger partial charge in [-0.05, 0) is 32.4 Å². The Morgan fingerprint density at radius 2 is 1.94 bits per heavy atom. The van der Waals surface area contributed by atoms with Gasteiger partial charge in [0.15, 0.2) is 0 Å². The third kappa shape index (κ3) is 7.57. The minimum absolute atomic E-state index is 0.244. The number of rotatable bonds is 9. The second-order valence-electron chi connectivity index (χ2n) is 4.79. The van der Waals surface area contributed by atoms with Gasteiger partial charge in [0.1, 0.15) is 5.84 Å². The van der Waals surface area contributed by atoms with Crippen LogP contribution in [0.25, 0.3) is 0 Å². The van der Waals surface area contributed by atoms with Gasteiger partial charge in [-0.25, -0.2) is 0 Å². The van der Waals surface area contributed by atoms with E-state index in [9.17, 15) is 4.79 Å². The van der Waals surface area contributed by atoms with Gasteiger partial charge in [0.05, 0.1) is 0 Å². The quantitative estimate of drug-likeness (QED) is 0.154. The van der Waals surface area contributed by atoms with E-state index in [0.29, 0.717) is 6.42 Å². The van der Waals surface area contributed by atoms with Crippen molar-refractivity contribution in [3.8, 4) is 0 Å². The molecule has 0 aliphatic rings. The predicted molar refractivity (Wildman–Crippen MR) is 67.7 cm³/mol. The minimum atomic E-state index is -0.311. The number of nitrogens with two attached hydrogens (primary N) is 2. The molecule has 0 aromatic carbocycles. The highest BCUT2D eigenvalue weighted by Gasteiger charge is 2.22. The zero-order valence-corrected chi connectivity index (χ0v) is 10.7. The van der Waals surface area contributed by atoms with Crippen LogP contribution in [0.4, 0.5) is 0 Å². The third-order valence-corrected chi connectivity index (χ3v) is 2.75. The number of amidine groups is 1. The van der Waals surface area contributed by atoms with Crippen LogP contribution in [0.15, 0.2) is 5.16 Å². The SMILES string of the molecule is CC(C)(CCNCCCCC(N)=O)C(N)=NO. The van der Waals surface area contributed by atoms with E-state index >= 15 is 0 Å². The maximum absolute atomic E-state index is 10.5. The number of oxime groups is 1. The number of carbonyl (C=O) groups is 1.